The molecule has 84 valence electrons. The molecular formula is C12H25NO. The Morgan fingerprint density at radius 3 is 2.43 bits per heavy atom. The Labute approximate surface area is 88.1 Å². The molecule has 0 heterocycles. The molecule has 1 saturated carbocycles. The molecule has 0 aromatic heterocycles. The highest BCUT2D eigenvalue weighted by molar-refractivity contribution is 4.81. The van der Waals surface area contributed by atoms with Gasteiger partial charge >= 0.3 is 0 Å². The summed E-state index contributed by atoms with van der Waals surface area (Å²) in [5.74, 6) is 0.997. The lowest BCUT2D eigenvalue weighted by Crippen LogP contribution is -2.41. The van der Waals surface area contributed by atoms with Crippen molar-refractivity contribution in [1.82, 2.24) is 5.32 Å². The molecule has 2 N–H and O–H groups in total. The minimum absolute atomic E-state index is 0.256. The second-order valence-corrected chi connectivity index (χ2v) is 5.62. The number of aliphatic hydroxyl groups is 1. The smallest absolute Gasteiger partial charge is 0.0446 e. The summed E-state index contributed by atoms with van der Waals surface area (Å²) in [6.07, 6.45) is 5.05. The Bertz CT molecular complexity index is 158. The van der Waals surface area contributed by atoms with E-state index >= 15 is 0 Å². The van der Waals surface area contributed by atoms with E-state index < -0.39 is 0 Å². The number of hydrogen-bond acceptors (Lipinski definition) is 2. The summed E-state index contributed by atoms with van der Waals surface area (Å²) in [5.41, 5.74) is 0.256. The van der Waals surface area contributed by atoms with Gasteiger partial charge < -0.3 is 10.4 Å². The molecule has 0 saturated heterocycles. The molecule has 1 atom stereocenters. The molecular weight excluding hydrogens is 174 g/mol. The first-order chi connectivity index (χ1) is 6.54. The van der Waals surface area contributed by atoms with Crippen LogP contribution in [0.15, 0.2) is 0 Å². The molecule has 1 rings (SSSR count). The first-order valence-corrected chi connectivity index (χ1v) is 5.88. The quantitative estimate of drug-likeness (QED) is 0.687. The molecule has 1 aliphatic rings. The van der Waals surface area contributed by atoms with E-state index in [4.69, 9.17) is 5.11 Å². The molecule has 0 spiro atoms. The Morgan fingerprint density at radius 2 is 2.00 bits per heavy atom. The maximum Gasteiger partial charge on any atom is 0.0446 e. The molecule has 2 nitrogen and oxygen atoms in total. The highest BCUT2D eigenvalue weighted by Gasteiger charge is 2.25. The molecule has 1 fully saturated rings. The van der Waals surface area contributed by atoms with Crippen molar-refractivity contribution in [3.63, 3.8) is 0 Å². The van der Waals surface area contributed by atoms with Gasteiger partial charge in [-0.2, -0.15) is 0 Å². The summed E-state index contributed by atoms with van der Waals surface area (Å²) < 4.78 is 0. The number of nitrogens with one attached hydrogen (secondary N) is 1. The van der Waals surface area contributed by atoms with Gasteiger partial charge in [0, 0.05) is 12.6 Å². The van der Waals surface area contributed by atoms with Crippen molar-refractivity contribution in [2.24, 2.45) is 11.3 Å². The zero-order valence-electron chi connectivity index (χ0n) is 9.84. The number of aliphatic hydroxyl groups excluding tert-OH is 1. The third kappa shape index (κ3) is 4.43. The van der Waals surface area contributed by atoms with Crippen LogP contribution in [0.5, 0.6) is 0 Å². The standard InChI is InChI=1S/C12H25NO/c1-12(2,3)11(7-9-14)13-8-6-10-4-5-10/h10-11,13-14H,4-9H2,1-3H3. The monoisotopic (exact) mass is 199 g/mol. The van der Waals surface area contributed by atoms with E-state index in [-0.39, 0.29) is 5.41 Å². The van der Waals surface area contributed by atoms with Crippen molar-refractivity contribution in [3.05, 3.63) is 0 Å². The largest absolute Gasteiger partial charge is 0.396 e. The van der Waals surface area contributed by atoms with Crippen LogP contribution in [0.25, 0.3) is 0 Å². The van der Waals surface area contributed by atoms with Crippen molar-refractivity contribution < 1.29 is 5.11 Å². The van der Waals surface area contributed by atoms with Crippen molar-refractivity contribution in [1.29, 1.82) is 0 Å². The molecule has 0 amide bonds. The van der Waals surface area contributed by atoms with E-state index in [0.29, 0.717) is 12.6 Å². The Hall–Kier alpha value is -0.0800. The lowest BCUT2D eigenvalue weighted by atomic mass is 9.85. The van der Waals surface area contributed by atoms with Gasteiger partial charge in [0.15, 0.2) is 0 Å². The van der Waals surface area contributed by atoms with Gasteiger partial charge in [0.2, 0.25) is 0 Å². The van der Waals surface area contributed by atoms with Crippen LogP contribution < -0.4 is 5.32 Å². The van der Waals surface area contributed by atoms with Crippen LogP contribution in [-0.2, 0) is 0 Å². The fourth-order valence-corrected chi connectivity index (χ4v) is 1.84. The zero-order valence-corrected chi connectivity index (χ0v) is 9.84. The van der Waals surface area contributed by atoms with E-state index in [0.717, 1.165) is 18.9 Å². The fraction of sp³-hybridized carbons (Fsp3) is 1.00. The fourth-order valence-electron chi connectivity index (χ4n) is 1.84. The molecule has 0 aliphatic heterocycles. The van der Waals surface area contributed by atoms with Crippen molar-refractivity contribution in [2.45, 2.75) is 52.5 Å². The number of rotatable bonds is 6. The molecule has 1 unspecified atom stereocenters. The van der Waals surface area contributed by atoms with Crippen LogP contribution in [0.1, 0.15) is 46.5 Å². The summed E-state index contributed by atoms with van der Waals surface area (Å²) in [4.78, 5) is 0. The van der Waals surface area contributed by atoms with Gasteiger partial charge in [0.05, 0.1) is 0 Å². The second-order valence-electron chi connectivity index (χ2n) is 5.62. The van der Waals surface area contributed by atoms with E-state index in [1.165, 1.54) is 19.3 Å². The van der Waals surface area contributed by atoms with Gasteiger partial charge in [-0.1, -0.05) is 33.6 Å². The molecule has 0 aromatic carbocycles. The van der Waals surface area contributed by atoms with Crippen molar-refractivity contribution in [2.75, 3.05) is 13.2 Å². The Kier molecular flexibility index (Phi) is 4.39. The average molecular weight is 199 g/mol. The summed E-state index contributed by atoms with van der Waals surface area (Å²) in [7, 11) is 0. The minimum atomic E-state index is 0.256. The van der Waals surface area contributed by atoms with Gasteiger partial charge in [-0.05, 0) is 30.7 Å². The van der Waals surface area contributed by atoms with Crippen LogP contribution in [-0.4, -0.2) is 24.3 Å². The van der Waals surface area contributed by atoms with Crippen molar-refractivity contribution >= 4 is 0 Å². The van der Waals surface area contributed by atoms with Gasteiger partial charge in [-0.25, -0.2) is 0 Å². The summed E-state index contributed by atoms with van der Waals surface area (Å²) in [6.45, 7) is 8.11. The maximum absolute atomic E-state index is 8.98. The number of hydrogen-bond donors (Lipinski definition) is 2. The van der Waals surface area contributed by atoms with Gasteiger partial charge in [-0.3, -0.25) is 0 Å². The predicted molar refractivity (Wildman–Crippen MR) is 60.3 cm³/mol. The first kappa shape index (κ1) is 12.0. The van der Waals surface area contributed by atoms with Crippen LogP contribution >= 0.6 is 0 Å². The molecule has 0 bridgehead atoms. The second kappa shape index (κ2) is 5.13. The van der Waals surface area contributed by atoms with Gasteiger partial charge in [0.25, 0.3) is 0 Å². The minimum Gasteiger partial charge on any atom is -0.396 e. The molecule has 0 radical (unpaired) electrons. The third-order valence-electron chi connectivity index (χ3n) is 3.10. The van der Waals surface area contributed by atoms with Gasteiger partial charge in [-0.15, -0.1) is 0 Å². The maximum atomic E-state index is 8.98. The van der Waals surface area contributed by atoms with Crippen LogP contribution in [0.2, 0.25) is 0 Å². The third-order valence-corrected chi connectivity index (χ3v) is 3.10. The SMILES string of the molecule is CC(C)(C)C(CCO)NCCC1CC1. The summed E-state index contributed by atoms with van der Waals surface area (Å²) in [6, 6.07) is 0.450. The summed E-state index contributed by atoms with van der Waals surface area (Å²) in [5, 5.41) is 12.6. The first-order valence-electron chi connectivity index (χ1n) is 5.88. The topological polar surface area (TPSA) is 32.3 Å². The van der Waals surface area contributed by atoms with E-state index in [1.54, 1.807) is 0 Å². The highest BCUT2D eigenvalue weighted by Crippen LogP contribution is 2.32. The van der Waals surface area contributed by atoms with E-state index in [2.05, 4.69) is 26.1 Å². The lowest BCUT2D eigenvalue weighted by molar-refractivity contribution is 0.197. The molecule has 0 aromatic rings. The lowest BCUT2D eigenvalue weighted by Gasteiger charge is -2.31. The zero-order chi connectivity index (χ0) is 10.6. The van der Waals surface area contributed by atoms with Crippen LogP contribution in [0.3, 0.4) is 0 Å². The van der Waals surface area contributed by atoms with Crippen molar-refractivity contribution in [3.8, 4) is 0 Å². The van der Waals surface area contributed by atoms with Crippen LogP contribution in [0, 0.1) is 11.3 Å². The highest BCUT2D eigenvalue weighted by atomic mass is 16.3. The summed E-state index contributed by atoms with van der Waals surface area (Å²) >= 11 is 0. The van der Waals surface area contributed by atoms with Crippen LogP contribution in [0.4, 0.5) is 0 Å². The average Bonchev–Trinajstić information content (AvgIpc) is 2.85. The molecule has 14 heavy (non-hydrogen) atoms. The molecule has 2 heteroatoms. The predicted octanol–water partition coefficient (Wildman–Crippen LogP) is 2.17. The van der Waals surface area contributed by atoms with Gasteiger partial charge in [0.1, 0.15) is 0 Å². The molecule has 1 aliphatic carbocycles. The van der Waals surface area contributed by atoms with E-state index in [9.17, 15) is 0 Å². The normalized spacial score (nSPS) is 19.7. The Morgan fingerprint density at radius 1 is 1.36 bits per heavy atom. The Balaban J connectivity index is 2.19. The van der Waals surface area contributed by atoms with E-state index in [1.807, 2.05) is 0 Å².